The number of aromatic nitrogens is 3. The number of hydrogen-bond donors (Lipinski definition) is 1. The Morgan fingerprint density at radius 3 is 2.41 bits per heavy atom. The van der Waals surface area contributed by atoms with Crippen LogP contribution < -0.4 is 15.4 Å². The summed E-state index contributed by atoms with van der Waals surface area (Å²) in [6.07, 6.45) is 1.71. The predicted octanol–water partition coefficient (Wildman–Crippen LogP) is 6.00. The summed E-state index contributed by atoms with van der Waals surface area (Å²) in [7, 11) is 3.64. The molecule has 0 saturated carbocycles. The van der Waals surface area contributed by atoms with Crippen molar-refractivity contribution in [3.8, 4) is 17.1 Å². The number of rotatable bonds is 5. The molecule has 2 N–H and O–H groups in total. The summed E-state index contributed by atoms with van der Waals surface area (Å²) in [6.45, 7) is 7.29. The van der Waals surface area contributed by atoms with E-state index in [0.29, 0.717) is 41.7 Å². The summed E-state index contributed by atoms with van der Waals surface area (Å²) < 4.78 is 43.5. The van der Waals surface area contributed by atoms with Crippen LogP contribution in [0.1, 0.15) is 26.7 Å². The molecule has 2 aromatic heterocycles. The van der Waals surface area contributed by atoms with Crippen LogP contribution in [0, 0.1) is 23.5 Å². The quantitative estimate of drug-likeness (QED) is 0.297. The normalized spacial score (nSPS) is 23.9. The molecule has 2 unspecified atom stereocenters. The van der Waals surface area contributed by atoms with Crippen LogP contribution in [-0.2, 0) is 4.74 Å². The van der Waals surface area contributed by atoms with Gasteiger partial charge in [-0.05, 0) is 49.9 Å². The van der Waals surface area contributed by atoms with Gasteiger partial charge in [0.1, 0.15) is 29.4 Å². The number of nitrogens with two attached hydrogens (primary N) is 1. The third kappa shape index (κ3) is 5.29. The Labute approximate surface area is 246 Å². The zero-order valence-corrected chi connectivity index (χ0v) is 25.0. The number of methoxy groups -OCH3 is 1. The molecule has 41 heavy (non-hydrogen) atoms. The molecule has 0 spiro atoms. The van der Waals surface area contributed by atoms with Crippen LogP contribution in [0.2, 0.25) is 5.02 Å². The maximum Gasteiger partial charge on any atom is 0.319 e. The predicted molar refractivity (Wildman–Crippen MR) is 160 cm³/mol. The topological polar surface area (TPSA) is 89.6 Å². The van der Waals surface area contributed by atoms with Crippen LogP contribution in [0.25, 0.3) is 32.2 Å². The number of nitrogen functional groups attached to an aromatic ring is 1. The van der Waals surface area contributed by atoms with Gasteiger partial charge >= 0.3 is 6.01 Å². The lowest BCUT2D eigenvalue weighted by Crippen LogP contribution is -2.33. The maximum absolute atomic E-state index is 16.7. The van der Waals surface area contributed by atoms with Crippen molar-refractivity contribution in [1.29, 1.82) is 0 Å². The number of nitrogens with zero attached hydrogens (tertiary/aromatic N) is 5. The zero-order chi connectivity index (χ0) is 29.0. The Kier molecular flexibility index (Phi) is 7.65. The molecule has 0 amide bonds. The summed E-state index contributed by atoms with van der Waals surface area (Å²) in [6, 6.07) is 4.52. The highest BCUT2D eigenvalue weighted by Gasteiger charge is 2.34. The van der Waals surface area contributed by atoms with Crippen molar-refractivity contribution < 1.29 is 18.3 Å². The first-order valence-corrected chi connectivity index (χ1v) is 15.0. The Hall–Kier alpha value is -2.86. The molecule has 4 aromatic rings. The van der Waals surface area contributed by atoms with Crippen molar-refractivity contribution in [3.63, 3.8) is 0 Å². The van der Waals surface area contributed by atoms with Gasteiger partial charge in [0.2, 0.25) is 0 Å². The van der Waals surface area contributed by atoms with Crippen LogP contribution in [0.4, 0.5) is 19.7 Å². The van der Waals surface area contributed by atoms with E-state index in [1.807, 2.05) is 7.05 Å². The highest BCUT2D eigenvalue weighted by molar-refractivity contribution is 7.22. The SMILES string of the molecule is CO[C@@H]1CN(C)C[C@H]1Oc1nc(N2CC(C)CCC(C)C2)c2cc(Cl)c(-c3ccc(F)c4sc(N)nc34)c(F)c2n1. The standard InChI is InChI=1S/C29H33ClF2N6O2S/c1-14-5-6-15(2)11-38(10-14)27-17-9-18(30)22(16-7-8-19(31)26-25(16)34-28(33)41-26)23(32)24(17)35-29(36-27)40-21-13-37(3)12-20(21)39-4/h7-9,14-15,20-21H,5-6,10-13H2,1-4H3,(H2,33,34)/t14?,15?,20-,21-/m1/s1. The minimum Gasteiger partial charge on any atom is -0.456 e. The number of likely N-dealkylation sites (N-methyl/N-ethyl adjacent to an activating group) is 1. The molecule has 0 aliphatic carbocycles. The molecule has 218 valence electrons. The first kappa shape index (κ1) is 28.3. The van der Waals surface area contributed by atoms with Crippen LogP contribution in [0.3, 0.4) is 0 Å². The van der Waals surface area contributed by atoms with Crippen molar-refractivity contribution in [2.24, 2.45) is 11.8 Å². The first-order valence-electron chi connectivity index (χ1n) is 13.8. The second-order valence-electron chi connectivity index (χ2n) is 11.4. The highest BCUT2D eigenvalue weighted by atomic mass is 35.5. The van der Waals surface area contributed by atoms with E-state index in [1.54, 1.807) is 13.2 Å². The Morgan fingerprint density at radius 2 is 1.71 bits per heavy atom. The van der Waals surface area contributed by atoms with E-state index in [0.717, 1.165) is 37.3 Å². The molecular formula is C29H33ClF2N6O2S. The Bertz CT molecular complexity index is 1610. The maximum atomic E-state index is 16.7. The van der Waals surface area contributed by atoms with E-state index in [1.165, 1.54) is 12.1 Å². The molecular weight excluding hydrogens is 570 g/mol. The Balaban J connectivity index is 1.55. The minimum atomic E-state index is -0.650. The molecule has 8 nitrogen and oxygen atoms in total. The molecule has 6 rings (SSSR count). The van der Waals surface area contributed by atoms with Crippen molar-refractivity contribution in [2.45, 2.75) is 38.9 Å². The molecule has 4 heterocycles. The van der Waals surface area contributed by atoms with Gasteiger partial charge in [0.25, 0.3) is 0 Å². The van der Waals surface area contributed by atoms with E-state index in [-0.39, 0.29) is 49.7 Å². The van der Waals surface area contributed by atoms with E-state index in [9.17, 15) is 4.39 Å². The number of ether oxygens (including phenoxy) is 2. The lowest BCUT2D eigenvalue weighted by Gasteiger charge is -2.28. The van der Waals surface area contributed by atoms with Gasteiger partial charge in [-0.1, -0.05) is 36.8 Å². The average Bonchev–Trinajstić information content (AvgIpc) is 3.44. The summed E-state index contributed by atoms with van der Waals surface area (Å²) in [5.41, 5.74) is 6.66. The lowest BCUT2D eigenvalue weighted by atomic mass is 10.0. The smallest absolute Gasteiger partial charge is 0.319 e. The van der Waals surface area contributed by atoms with Crippen LogP contribution in [0.15, 0.2) is 18.2 Å². The van der Waals surface area contributed by atoms with E-state index in [2.05, 4.69) is 33.6 Å². The largest absolute Gasteiger partial charge is 0.456 e. The number of thiazole rings is 1. The minimum absolute atomic E-state index is 0.0775. The number of likely N-dealkylation sites (tertiary alicyclic amines) is 1. The van der Waals surface area contributed by atoms with Gasteiger partial charge in [0, 0.05) is 49.8 Å². The number of benzene rings is 2. The second kappa shape index (κ2) is 11.1. The molecule has 2 aliphatic heterocycles. The average molecular weight is 603 g/mol. The fourth-order valence-electron chi connectivity index (χ4n) is 6.04. The third-order valence-electron chi connectivity index (χ3n) is 8.10. The van der Waals surface area contributed by atoms with Gasteiger partial charge in [0.15, 0.2) is 10.9 Å². The first-order chi connectivity index (χ1) is 19.6. The zero-order valence-electron chi connectivity index (χ0n) is 23.5. The highest BCUT2D eigenvalue weighted by Crippen LogP contribution is 2.43. The van der Waals surface area contributed by atoms with Crippen LogP contribution in [-0.4, -0.2) is 72.4 Å². The molecule has 0 radical (unpaired) electrons. The fourth-order valence-corrected chi connectivity index (χ4v) is 7.10. The van der Waals surface area contributed by atoms with Crippen molar-refractivity contribution in [3.05, 3.63) is 34.9 Å². The van der Waals surface area contributed by atoms with Crippen molar-refractivity contribution in [2.75, 3.05) is 51.0 Å². The summed E-state index contributed by atoms with van der Waals surface area (Å²) in [5.74, 6) is 0.314. The fraction of sp³-hybridized carbons (Fsp3) is 0.483. The summed E-state index contributed by atoms with van der Waals surface area (Å²) in [4.78, 5) is 18.0. The summed E-state index contributed by atoms with van der Waals surface area (Å²) >= 11 is 7.81. The van der Waals surface area contributed by atoms with E-state index in [4.69, 9.17) is 31.8 Å². The monoisotopic (exact) mass is 602 g/mol. The molecule has 0 bridgehead atoms. The lowest BCUT2D eigenvalue weighted by molar-refractivity contribution is 0.0300. The summed E-state index contributed by atoms with van der Waals surface area (Å²) in [5, 5.41) is 0.830. The number of halogens is 3. The van der Waals surface area contributed by atoms with Crippen LogP contribution >= 0.6 is 22.9 Å². The second-order valence-corrected chi connectivity index (χ2v) is 12.9. The molecule has 2 aromatic carbocycles. The van der Waals surface area contributed by atoms with Gasteiger partial charge in [0.05, 0.1) is 15.2 Å². The van der Waals surface area contributed by atoms with E-state index >= 15 is 4.39 Å². The Morgan fingerprint density at radius 1 is 1.00 bits per heavy atom. The van der Waals surface area contributed by atoms with Crippen molar-refractivity contribution in [1.82, 2.24) is 19.9 Å². The molecule has 2 aliphatic rings. The van der Waals surface area contributed by atoms with Crippen molar-refractivity contribution >= 4 is 55.0 Å². The molecule has 12 heteroatoms. The number of hydrogen-bond acceptors (Lipinski definition) is 9. The van der Waals surface area contributed by atoms with Gasteiger partial charge in [-0.2, -0.15) is 9.97 Å². The van der Waals surface area contributed by atoms with Gasteiger partial charge in [-0.15, -0.1) is 0 Å². The third-order valence-corrected chi connectivity index (χ3v) is 9.29. The van der Waals surface area contributed by atoms with Gasteiger partial charge in [-0.3, -0.25) is 4.90 Å². The molecule has 4 atom stereocenters. The van der Waals surface area contributed by atoms with Crippen LogP contribution in [0.5, 0.6) is 6.01 Å². The van der Waals surface area contributed by atoms with E-state index < -0.39 is 11.6 Å². The van der Waals surface area contributed by atoms with Gasteiger partial charge < -0.3 is 20.1 Å². The number of fused-ring (bicyclic) bond motifs is 2. The molecule has 2 fully saturated rings. The molecule has 2 saturated heterocycles. The van der Waals surface area contributed by atoms with Gasteiger partial charge in [-0.25, -0.2) is 13.8 Å². The number of anilines is 2.